The van der Waals surface area contributed by atoms with Crippen LogP contribution in [0.3, 0.4) is 0 Å². The number of hydrogen-bond acceptors (Lipinski definition) is 3. The van der Waals surface area contributed by atoms with E-state index < -0.39 is 0 Å². The fourth-order valence-corrected chi connectivity index (χ4v) is 2.90. The molecule has 2 rings (SSSR count). The van der Waals surface area contributed by atoms with E-state index in [-0.39, 0.29) is 11.9 Å². The minimum absolute atomic E-state index is 0.116. The standard InChI is InChI=1S/C16H24N2O2/c1-3-12-6-4-5-7-14(12)20-15-10-13(16(17)18-19)9-8-11(15)2/h8-10,12,14,19H,3-7H2,1-2H3,(H2,17,18). The second kappa shape index (κ2) is 6.64. The van der Waals surface area contributed by atoms with Crippen molar-refractivity contribution in [2.45, 2.75) is 52.1 Å². The maximum Gasteiger partial charge on any atom is 0.170 e. The van der Waals surface area contributed by atoms with E-state index in [0.717, 1.165) is 24.2 Å². The summed E-state index contributed by atoms with van der Waals surface area (Å²) in [4.78, 5) is 0. The third kappa shape index (κ3) is 3.24. The van der Waals surface area contributed by atoms with E-state index in [4.69, 9.17) is 15.7 Å². The second-order valence-corrected chi connectivity index (χ2v) is 5.57. The van der Waals surface area contributed by atoms with Crippen LogP contribution in [0.2, 0.25) is 0 Å². The molecule has 0 aromatic heterocycles. The summed E-state index contributed by atoms with van der Waals surface area (Å²) in [5.41, 5.74) is 7.42. The van der Waals surface area contributed by atoms with Crippen molar-refractivity contribution in [1.82, 2.24) is 0 Å². The van der Waals surface area contributed by atoms with Gasteiger partial charge in [-0.1, -0.05) is 30.6 Å². The number of nitrogens with zero attached hydrogens (tertiary/aromatic N) is 1. The Morgan fingerprint density at radius 1 is 1.40 bits per heavy atom. The van der Waals surface area contributed by atoms with Crippen molar-refractivity contribution in [2.75, 3.05) is 0 Å². The average Bonchev–Trinajstić information content (AvgIpc) is 2.49. The predicted octanol–water partition coefficient (Wildman–Crippen LogP) is 3.44. The molecule has 0 aliphatic heterocycles. The fourth-order valence-electron chi connectivity index (χ4n) is 2.90. The molecule has 4 heteroatoms. The van der Waals surface area contributed by atoms with Crippen LogP contribution in [0, 0.1) is 12.8 Å². The van der Waals surface area contributed by atoms with Crippen molar-refractivity contribution < 1.29 is 9.94 Å². The maximum atomic E-state index is 8.77. The number of oxime groups is 1. The summed E-state index contributed by atoms with van der Waals surface area (Å²) in [6.07, 6.45) is 6.35. The van der Waals surface area contributed by atoms with Crippen LogP contribution in [0.15, 0.2) is 23.4 Å². The SMILES string of the molecule is CCC1CCCCC1Oc1cc(/C(N)=N/O)ccc1C. The quantitative estimate of drug-likeness (QED) is 0.383. The van der Waals surface area contributed by atoms with Gasteiger partial charge in [0.1, 0.15) is 11.9 Å². The molecule has 1 aromatic rings. The molecule has 0 spiro atoms. The second-order valence-electron chi connectivity index (χ2n) is 5.57. The first-order chi connectivity index (χ1) is 9.65. The van der Waals surface area contributed by atoms with E-state index in [0.29, 0.717) is 11.5 Å². The summed E-state index contributed by atoms with van der Waals surface area (Å²) in [5, 5.41) is 11.8. The van der Waals surface area contributed by atoms with E-state index in [1.54, 1.807) is 0 Å². The van der Waals surface area contributed by atoms with Crippen LogP contribution in [-0.2, 0) is 0 Å². The van der Waals surface area contributed by atoms with E-state index in [1.165, 1.54) is 19.3 Å². The molecule has 3 N–H and O–H groups in total. The number of ether oxygens (including phenoxy) is 1. The minimum atomic E-state index is 0.116. The molecule has 0 radical (unpaired) electrons. The van der Waals surface area contributed by atoms with Gasteiger partial charge in [-0.25, -0.2) is 0 Å². The molecular formula is C16H24N2O2. The van der Waals surface area contributed by atoms with Gasteiger partial charge in [0.05, 0.1) is 0 Å². The van der Waals surface area contributed by atoms with Crippen molar-refractivity contribution in [3.63, 3.8) is 0 Å². The van der Waals surface area contributed by atoms with Crippen LogP contribution in [0.25, 0.3) is 0 Å². The van der Waals surface area contributed by atoms with Gasteiger partial charge in [-0.15, -0.1) is 0 Å². The summed E-state index contributed by atoms with van der Waals surface area (Å²) in [6.45, 7) is 4.25. The smallest absolute Gasteiger partial charge is 0.170 e. The third-order valence-electron chi connectivity index (χ3n) is 4.23. The Hall–Kier alpha value is -1.71. The summed E-state index contributed by atoms with van der Waals surface area (Å²) >= 11 is 0. The maximum absolute atomic E-state index is 8.77. The first kappa shape index (κ1) is 14.7. The summed E-state index contributed by atoms with van der Waals surface area (Å²) < 4.78 is 6.23. The lowest BCUT2D eigenvalue weighted by molar-refractivity contribution is 0.0897. The van der Waals surface area contributed by atoms with Crippen molar-refractivity contribution in [3.05, 3.63) is 29.3 Å². The van der Waals surface area contributed by atoms with Gasteiger partial charge in [0.2, 0.25) is 0 Å². The highest BCUT2D eigenvalue weighted by Gasteiger charge is 2.25. The molecule has 1 aliphatic carbocycles. The molecule has 0 amide bonds. The number of hydrogen-bond donors (Lipinski definition) is 2. The molecular weight excluding hydrogens is 252 g/mol. The number of amidine groups is 1. The Morgan fingerprint density at radius 3 is 2.85 bits per heavy atom. The van der Waals surface area contributed by atoms with E-state index in [2.05, 4.69) is 12.1 Å². The Labute approximate surface area is 120 Å². The van der Waals surface area contributed by atoms with Gasteiger partial charge < -0.3 is 15.7 Å². The number of aryl methyl sites for hydroxylation is 1. The van der Waals surface area contributed by atoms with Gasteiger partial charge in [0, 0.05) is 5.56 Å². The molecule has 1 aromatic carbocycles. The Morgan fingerprint density at radius 2 is 2.15 bits per heavy atom. The lowest BCUT2D eigenvalue weighted by atomic mass is 9.84. The van der Waals surface area contributed by atoms with Crippen molar-refractivity contribution in [2.24, 2.45) is 16.8 Å². The Balaban J connectivity index is 2.19. The highest BCUT2D eigenvalue weighted by molar-refractivity contribution is 5.97. The lowest BCUT2D eigenvalue weighted by Crippen LogP contribution is -2.30. The van der Waals surface area contributed by atoms with Crippen LogP contribution in [0.5, 0.6) is 5.75 Å². The van der Waals surface area contributed by atoms with Gasteiger partial charge in [0.15, 0.2) is 5.84 Å². The zero-order chi connectivity index (χ0) is 14.5. The zero-order valence-corrected chi connectivity index (χ0v) is 12.3. The molecule has 2 atom stereocenters. The van der Waals surface area contributed by atoms with Crippen LogP contribution in [0.4, 0.5) is 0 Å². The molecule has 4 nitrogen and oxygen atoms in total. The number of rotatable bonds is 4. The molecule has 110 valence electrons. The topological polar surface area (TPSA) is 67.8 Å². The molecule has 0 saturated heterocycles. The molecule has 20 heavy (non-hydrogen) atoms. The molecule has 0 bridgehead atoms. The molecule has 2 unspecified atom stereocenters. The monoisotopic (exact) mass is 276 g/mol. The van der Waals surface area contributed by atoms with Crippen molar-refractivity contribution in [1.29, 1.82) is 0 Å². The predicted molar refractivity (Wildman–Crippen MR) is 80.4 cm³/mol. The normalized spacial score (nSPS) is 23.6. The van der Waals surface area contributed by atoms with E-state index in [1.807, 2.05) is 25.1 Å². The molecule has 1 fully saturated rings. The van der Waals surface area contributed by atoms with Crippen LogP contribution >= 0.6 is 0 Å². The van der Waals surface area contributed by atoms with Crippen molar-refractivity contribution in [3.8, 4) is 5.75 Å². The zero-order valence-electron chi connectivity index (χ0n) is 12.3. The van der Waals surface area contributed by atoms with Gasteiger partial charge in [-0.2, -0.15) is 0 Å². The first-order valence-electron chi connectivity index (χ1n) is 7.41. The van der Waals surface area contributed by atoms with Gasteiger partial charge in [-0.05, 0) is 50.2 Å². The van der Waals surface area contributed by atoms with Crippen molar-refractivity contribution >= 4 is 5.84 Å². The molecule has 1 saturated carbocycles. The number of nitrogens with two attached hydrogens (primary N) is 1. The molecule has 0 heterocycles. The highest BCUT2D eigenvalue weighted by atomic mass is 16.5. The number of benzene rings is 1. The highest BCUT2D eigenvalue weighted by Crippen LogP contribution is 2.32. The summed E-state index contributed by atoms with van der Waals surface area (Å²) in [5.74, 6) is 1.60. The first-order valence-corrected chi connectivity index (χ1v) is 7.41. The summed E-state index contributed by atoms with van der Waals surface area (Å²) in [6, 6.07) is 5.66. The van der Waals surface area contributed by atoms with Gasteiger partial charge in [0.25, 0.3) is 0 Å². The van der Waals surface area contributed by atoms with E-state index >= 15 is 0 Å². The fraction of sp³-hybridized carbons (Fsp3) is 0.562. The largest absolute Gasteiger partial charge is 0.490 e. The lowest BCUT2D eigenvalue weighted by Gasteiger charge is -2.31. The van der Waals surface area contributed by atoms with Gasteiger partial charge in [-0.3, -0.25) is 0 Å². The van der Waals surface area contributed by atoms with E-state index in [9.17, 15) is 0 Å². The van der Waals surface area contributed by atoms with Crippen LogP contribution in [0.1, 0.15) is 50.2 Å². The van der Waals surface area contributed by atoms with Gasteiger partial charge >= 0.3 is 0 Å². The minimum Gasteiger partial charge on any atom is -0.490 e. The molecule has 1 aliphatic rings. The summed E-state index contributed by atoms with van der Waals surface area (Å²) in [7, 11) is 0. The third-order valence-corrected chi connectivity index (χ3v) is 4.23. The Kier molecular flexibility index (Phi) is 4.88. The van der Waals surface area contributed by atoms with Crippen LogP contribution in [-0.4, -0.2) is 17.1 Å². The average molecular weight is 276 g/mol. The van der Waals surface area contributed by atoms with Crippen LogP contribution < -0.4 is 10.5 Å². The Bertz CT molecular complexity index is 485.